The maximum Gasteiger partial charge on any atom is 0.167 e. The predicted octanol–water partition coefficient (Wildman–Crippen LogP) is 2.49. The van der Waals surface area contributed by atoms with E-state index in [0.29, 0.717) is 30.5 Å². The Morgan fingerprint density at radius 2 is 2.50 bits per heavy atom. The Hall–Kier alpha value is -0.870. The van der Waals surface area contributed by atoms with Crippen LogP contribution in [0.1, 0.15) is 13.3 Å². The van der Waals surface area contributed by atoms with E-state index in [4.69, 9.17) is 16.3 Å². The Balaban J connectivity index is 2.16. The van der Waals surface area contributed by atoms with Gasteiger partial charge in [0.15, 0.2) is 11.6 Å². The largest absolute Gasteiger partial charge is 0.375 e. The van der Waals surface area contributed by atoms with Crippen molar-refractivity contribution in [3.63, 3.8) is 0 Å². The Bertz CT molecular complexity index is 375. The lowest BCUT2D eigenvalue weighted by Crippen LogP contribution is -2.43. The van der Waals surface area contributed by atoms with Crippen molar-refractivity contribution < 1.29 is 9.13 Å². The molecule has 3 nitrogen and oxygen atoms in total. The Labute approximate surface area is 99.2 Å². The molecule has 1 saturated heterocycles. The first-order valence-corrected chi connectivity index (χ1v) is 5.76. The number of anilines is 1. The fraction of sp³-hybridized carbons (Fsp3) is 0.545. The summed E-state index contributed by atoms with van der Waals surface area (Å²) in [5.74, 6) is -0.00426. The summed E-state index contributed by atoms with van der Waals surface area (Å²) in [5.41, 5.74) is 0. The van der Waals surface area contributed by atoms with Crippen LogP contribution in [0, 0.1) is 5.82 Å². The molecule has 88 valence electrons. The average Bonchev–Trinajstić information content (AvgIpc) is 2.29. The van der Waals surface area contributed by atoms with Gasteiger partial charge in [0.25, 0.3) is 0 Å². The van der Waals surface area contributed by atoms with Gasteiger partial charge in [-0.3, -0.25) is 0 Å². The highest BCUT2D eigenvalue weighted by Crippen LogP contribution is 2.22. The van der Waals surface area contributed by atoms with Gasteiger partial charge in [0.1, 0.15) is 0 Å². The molecule has 16 heavy (non-hydrogen) atoms. The van der Waals surface area contributed by atoms with Crippen LogP contribution in [0.25, 0.3) is 0 Å². The third-order valence-electron chi connectivity index (χ3n) is 2.68. The summed E-state index contributed by atoms with van der Waals surface area (Å²) in [6, 6.07) is 1.29. The highest BCUT2D eigenvalue weighted by atomic mass is 35.5. The smallest absolute Gasteiger partial charge is 0.167 e. The number of halogens is 2. The molecule has 0 spiro atoms. The summed E-state index contributed by atoms with van der Waals surface area (Å²) >= 11 is 5.67. The number of ether oxygens (including phenoxy) is 1. The maximum atomic E-state index is 13.6. The van der Waals surface area contributed by atoms with E-state index in [0.717, 1.165) is 6.42 Å². The molecule has 2 rings (SSSR count). The summed E-state index contributed by atoms with van der Waals surface area (Å²) in [7, 11) is 0. The SMILES string of the molecule is CCC1CN(c2ncc(Cl)cc2F)CCO1. The van der Waals surface area contributed by atoms with Gasteiger partial charge < -0.3 is 9.64 Å². The van der Waals surface area contributed by atoms with Gasteiger partial charge >= 0.3 is 0 Å². The first-order valence-electron chi connectivity index (χ1n) is 5.38. The van der Waals surface area contributed by atoms with Crippen molar-refractivity contribution in [1.82, 2.24) is 4.98 Å². The van der Waals surface area contributed by atoms with Gasteiger partial charge in [-0.15, -0.1) is 0 Å². The number of pyridine rings is 1. The van der Waals surface area contributed by atoms with Crippen LogP contribution in [0.5, 0.6) is 0 Å². The van der Waals surface area contributed by atoms with Gasteiger partial charge in [0.2, 0.25) is 0 Å². The molecular formula is C11H14ClFN2O. The molecule has 1 aliphatic rings. The van der Waals surface area contributed by atoms with E-state index in [1.54, 1.807) is 0 Å². The summed E-state index contributed by atoms with van der Waals surface area (Å²) in [6.45, 7) is 4.02. The second-order valence-electron chi connectivity index (χ2n) is 3.81. The molecule has 0 bridgehead atoms. The number of hydrogen-bond acceptors (Lipinski definition) is 3. The summed E-state index contributed by atoms with van der Waals surface area (Å²) in [6.07, 6.45) is 2.55. The number of aromatic nitrogens is 1. The summed E-state index contributed by atoms with van der Waals surface area (Å²) in [4.78, 5) is 5.94. The fourth-order valence-electron chi connectivity index (χ4n) is 1.80. The minimum atomic E-state index is -0.371. The second-order valence-corrected chi connectivity index (χ2v) is 4.24. The molecule has 1 aliphatic heterocycles. The van der Waals surface area contributed by atoms with Crippen LogP contribution in [0.4, 0.5) is 10.2 Å². The zero-order valence-electron chi connectivity index (χ0n) is 9.12. The molecule has 2 heterocycles. The predicted molar refractivity (Wildman–Crippen MR) is 61.4 cm³/mol. The minimum Gasteiger partial charge on any atom is -0.375 e. The number of morpholine rings is 1. The van der Waals surface area contributed by atoms with Gasteiger partial charge in [-0.25, -0.2) is 9.37 Å². The molecule has 1 aromatic rings. The highest BCUT2D eigenvalue weighted by Gasteiger charge is 2.22. The first-order chi connectivity index (χ1) is 7.70. The lowest BCUT2D eigenvalue weighted by molar-refractivity contribution is 0.0379. The Morgan fingerprint density at radius 1 is 1.69 bits per heavy atom. The summed E-state index contributed by atoms with van der Waals surface area (Å²) in [5, 5.41) is 0.321. The van der Waals surface area contributed by atoms with Crippen molar-refractivity contribution >= 4 is 17.4 Å². The molecule has 1 unspecified atom stereocenters. The van der Waals surface area contributed by atoms with E-state index in [1.165, 1.54) is 12.3 Å². The van der Waals surface area contributed by atoms with E-state index in [-0.39, 0.29) is 11.9 Å². The van der Waals surface area contributed by atoms with Crippen LogP contribution < -0.4 is 4.90 Å². The van der Waals surface area contributed by atoms with Crippen LogP contribution in [-0.4, -0.2) is 30.8 Å². The molecule has 5 heteroatoms. The van der Waals surface area contributed by atoms with Crippen molar-refractivity contribution in [2.75, 3.05) is 24.6 Å². The minimum absolute atomic E-state index is 0.158. The molecule has 0 aromatic carbocycles. The van der Waals surface area contributed by atoms with Gasteiger partial charge in [-0.05, 0) is 12.5 Å². The quantitative estimate of drug-likeness (QED) is 0.799. The Kier molecular flexibility index (Phi) is 3.61. The zero-order chi connectivity index (χ0) is 11.5. The Morgan fingerprint density at radius 3 is 3.19 bits per heavy atom. The maximum absolute atomic E-state index is 13.6. The molecule has 0 radical (unpaired) electrons. The van der Waals surface area contributed by atoms with Crippen LogP contribution in [0.2, 0.25) is 5.02 Å². The third kappa shape index (κ3) is 2.44. The van der Waals surface area contributed by atoms with E-state index < -0.39 is 0 Å². The molecule has 1 fully saturated rings. The van der Waals surface area contributed by atoms with E-state index >= 15 is 0 Å². The lowest BCUT2D eigenvalue weighted by Gasteiger charge is -2.33. The normalized spacial score (nSPS) is 21.2. The van der Waals surface area contributed by atoms with Crippen molar-refractivity contribution in [3.8, 4) is 0 Å². The molecule has 1 aromatic heterocycles. The highest BCUT2D eigenvalue weighted by molar-refractivity contribution is 6.30. The summed E-state index contributed by atoms with van der Waals surface area (Å²) < 4.78 is 19.2. The zero-order valence-corrected chi connectivity index (χ0v) is 9.88. The molecule has 1 atom stereocenters. The standard InChI is InChI=1S/C11H14ClFN2O/c1-2-9-7-15(3-4-16-9)11-10(13)5-8(12)6-14-11/h5-6,9H,2-4,7H2,1H3. The van der Waals surface area contributed by atoms with Crippen LogP contribution in [-0.2, 0) is 4.74 Å². The van der Waals surface area contributed by atoms with Crippen LogP contribution in [0.15, 0.2) is 12.3 Å². The van der Waals surface area contributed by atoms with Crippen molar-refractivity contribution in [2.24, 2.45) is 0 Å². The molecule has 0 aliphatic carbocycles. The van der Waals surface area contributed by atoms with Crippen LogP contribution in [0.3, 0.4) is 0 Å². The van der Waals surface area contributed by atoms with Crippen molar-refractivity contribution in [3.05, 3.63) is 23.1 Å². The third-order valence-corrected chi connectivity index (χ3v) is 2.89. The van der Waals surface area contributed by atoms with E-state index in [9.17, 15) is 4.39 Å². The van der Waals surface area contributed by atoms with E-state index in [1.807, 2.05) is 4.90 Å². The number of nitrogens with zero attached hydrogens (tertiary/aromatic N) is 2. The van der Waals surface area contributed by atoms with Gasteiger partial charge in [0.05, 0.1) is 17.7 Å². The fourth-order valence-corrected chi connectivity index (χ4v) is 1.94. The molecule has 0 saturated carbocycles. The number of hydrogen-bond donors (Lipinski definition) is 0. The molecular weight excluding hydrogens is 231 g/mol. The lowest BCUT2D eigenvalue weighted by atomic mass is 10.2. The monoisotopic (exact) mass is 244 g/mol. The van der Waals surface area contributed by atoms with Gasteiger partial charge in [0, 0.05) is 19.3 Å². The molecule has 0 N–H and O–H groups in total. The number of rotatable bonds is 2. The average molecular weight is 245 g/mol. The first kappa shape index (κ1) is 11.6. The van der Waals surface area contributed by atoms with E-state index in [2.05, 4.69) is 11.9 Å². The topological polar surface area (TPSA) is 25.4 Å². The van der Waals surface area contributed by atoms with Crippen LogP contribution >= 0.6 is 11.6 Å². The van der Waals surface area contributed by atoms with Crippen molar-refractivity contribution in [1.29, 1.82) is 0 Å². The van der Waals surface area contributed by atoms with Crippen molar-refractivity contribution in [2.45, 2.75) is 19.4 Å². The second kappa shape index (κ2) is 4.97. The van der Waals surface area contributed by atoms with Gasteiger partial charge in [-0.1, -0.05) is 18.5 Å². The van der Waals surface area contributed by atoms with Gasteiger partial charge in [-0.2, -0.15) is 0 Å². The molecule has 0 amide bonds.